The normalized spacial score (nSPS) is 17.6. The lowest BCUT2D eigenvalue weighted by Gasteiger charge is -2.12. The average Bonchev–Trinajstić information content (AvgIpc) is 3.07. The molecule has 3 rings (SSSR count). The van der Waals surface area contributed by atoms with Crippen LogP contribution in [-0.2, 0) is 6.54 Å². The van der Waals surface area contributed by atoms with Crippen molar-refractivity contribution < 1.29 is 0 Å². The third-order valence-corrected chi connectivity index (χ3v) is 3.87. The van der Waals surface area contributed by atoms with Gasteiger partial charge in [0.1, 0.15) is 0 Å². The van der Waals surface area contributed by atoms with Crippen molar-refractivity contribution in [3.8, 4) is 0 Å². The smallest absolute Gasteiger partial charge is 0.0958 e. The summed E-state index contributed by atoms with van der Waals surface area (Å²) in [7, 11) is 0. The van der Waals surface area contributed by atoms with E-state index < -0.39 is 0 Å². The Hall–Kier alpha value is -1.35. The number of fused-ring (bicyclic) bond motifs is 1. The molecular formula is C14H19N3. The van der Waals surface area contributed by atoms with Crippen LogP contribution in [0.2, 0.25) is 0 Å². The molecule has 0 saturated heterocycles. The molecular weight excluding hydrogens is 210 g/mol. The summed E-state index contributed by atoms with van der Waals surface area (Å²) in [6.07, 6.45) is 4.52. The molecule has 1 heterocycles. The standard InChI is InChI=1S/C14H19N3/c1-9-5-13-14(6-10(9)2)17(8-16-13)7-12(15)11-3-4-11/h5-6,8,11-12H,3-4,7,15H2,1-2H3. The first-order valence-corrected chi connectivity index (χ1v) is 6.33. The Kier molecular flexibility index (Phi) is 2.44. The summed E-state index contributed by atoms with van der Waals surface area (Å²) in [5, 5.41) is 0. The molecule has 3 heteroatoms. The first-order valence-electron chi connectivity index (χ1n) is 6.33. The summed E-state index contributed by atoms with van der Waals surface area (Å²) >= 11 is 0. The zero-order chi connectivity index (χ0) is 12.0. The molecule has 1 aromatic carbocycles. The van der Waals surface area contributed by atoms with Gasteiger partial charge < -0.3 is 10.3 Å². The van der Waals surface area contributed by atoms with Crippen molar-refractivity contribution in [2.45, 2.75) is 39.3 Å². The van der Waals surface area contributed by atoms with Crippen LogP contribution in [0.3, 0.4) is 0 Å². The van der Waals surface area contributed by atoms with E-state index in [0.29, 0.717) is 0 Å². The van der Waals surface area contributed by atoms with E-state index in [9.17, 15) is 0 Å². The Morgan fingerprint density at radius 2 is 2.06 bits per heavy atom. The molecule has 1 unspecified atom stereocenters. The summed E-state index contributed by atoms with van der Waals surface area (Å²) in [5.41, 5.74) is 11.1. The largest absolute Gasteiger partial charge is 0.329 e. The van der Waals surface area contributed by atoms with Gasteiger partial charge in [-0.15, -0.1) is 0 Å². The SMILES string of the molecule is Cc1cc2ncn(CC(N)C3CC3)c2cc1C. The van der Waals surface area contributed by atoms with Crippen LogP contribution in [-0.4, -0.2) is 15.6 Å². The summed E-state index contributed by atoms with van der Waals surface area (Å²) in [6.45, 7) is 5.17. The first-order chi connectivity index (χ1) is 8.15. The van der Waals surface area contributed by atoms with E-state index in [1.807, 2.05) is 6.33 Å². The van der Waals surface area contributed by atoms with Gasteiger partial charge in [-0.1, -0.05) is 0 Å². The molecule has 1 aromatic heterocycles. The van der Waals surface area contributed by atoms with E-state index in [4.69, 9.17) is 5.73 Å². The fourth-order valence-corrected chi connectivity index (χ4v) is 2.36. The van der Waals surface area contributed by atoms with Crippen LogP contribution in [0.25, 0.3) is 11.0 Å². The highest BCUT2D eigenvalue weighted by Gasteiger charge is 2.28. The molecule has 1 aliphatic carbocycles. The minimum Gasteiger partial charge on any atom is -0.329 e. The summed E-state index contributed by atoms with van der Waals surface area (Å²) in [5.74, 6) is 0.735. The van der Waals surface area contributed by atoms with Crippen molar-refractivity contribution >= 4 is 11.0 Å². The Morgan fingerprint density at radius 3 is 2.76 bits per heavy atom. The Labute approximate surface area is 102 Å². The van der Waals surface area contributed by atoms with Crippen molar-refractivity contribution in [3.63, 3.8) is 0 Å². The molecule has 1 fully saturated rings. The second kappa shape index (κ2) is 3.84. The van der Waals surface area contributed by atoms with Gasteiger partial charge in [0.05, 0.1) is 17.4 Å². The molecule has 1 aliphatic rings. The molecule has 2 N–H and O–H groups in total. The zero-order valence-corrected chi connectivity index (χ0v) is 10.5. The van der Waals surface area contributed by atoms with Gasteiger partial charge in [0.25, 0.3) is 0 Å². The second-order valence-corrected chi connectivity index (χ2v) is 5.32. The molecule has 2 aromatic rings. The summed E-state index contributed by atoms with van der Waals surface area (Å²) < 4.78 is 2.20. The number of hydrogen-bond acceptors (Lipinski definition) is 2. The van der Waals surface area contributed by atoms with Crippen molar-refractivity contribution in [3.05, 3.63) is 29.6 Å². The van der Waals surface area contributed by atoms with Gasteiger partial charge in [0.2, 0.25) is 0 Å². The molecule has 0 aliphatic heterocycles. The fourth-order valence-electron chi connectivity index (χ4n) is 2.36. The second-order valence-electron chi connectivity index (χ2n) is 5.32. The maximum absolute atomic E-state index is 6.18. The minimum atomic E-state index is 0.286. The number of aryl methyl sites for hydroxylation is 2. The van der Waals surface area contributed by atoms with E-state index in [2.05, 4.69) is 35.5 Å². The van der Waals surface area contributed by atoms with Crippen LogP contribution in [0.15, 0.2) is 18.5 Å². The molecule has 3 nitrogen and oxygen atoms in total. The van der Waals surface area contributed by atoms with Crippen LogP contribution in [0.4, 0.5) is 0 Å². The van der Waals surface area contributed by atoms with Crippen molar-refractivity contribution in [2.75, 3.05) is 0 Å². The number of benzene rings is 1. The van der Waals surface area contributed by atoms with Crippen LogP contribution in [0, 0.1) is 19.8 Å². The molecule has 0 radical (unpaired) electrons. The minimum absolute atomic E-state index is 0.286. The third-order valence-electron chi connectivity index (χ3n) is 3.87. The van der Waals surface area contributed by atoms with E-state index in [0.717, 1.165) is 18.0 Å². The number of hydrogen-bond donors (Lipinski definition) is 1. The number of imidazole rings is 1. The highest BCUT2D eigenvalue weighted by atomic mass is 15.1. The highest BCUT2D eigenvalue weighted by molar-refractivity contribution is 5.77. The predicted octanol–water partition coefficient (Wildman–Crippen LogP) is 2.39. The summed E-state index contributed by atoms with van der Waals surface area (Å²) in [6, 6.07) is 4.66. The van der Waals surface area contributed by atoms with Gasteiger partial charge in [-0.3, -0.25) is 0 Å². The van der Waals surface area contributed by atoms with Crippen LogP contribution in [0.1, 0.15) is 24.0 Å². The quantitative estimate of drug-likeness (QED) is 0.878. The number of aromatic nitrogens is 2. The molecule has 0 spiro atoms. The summed E-state index contributed by atoms with van der Waals surface area (Å²) in [4.78, 5) is 4.46. The molecule has 0 amide bonds. The molecule has 1 atom stereocenters. The fraction of sp³-hybridized carbons (Fsp3) is 0.500. The van der Waals surface area contributed by atoms with E-state index in [1.165, 1.54) is 29.5 Å². The van der Waals surface area contributed by atoms with E-state index >= 15 is 0 Å². The van der Waals surface area contributed by atoms with Crippen molar-refractivity contribution in [2.24, 2.45) is 11.7 Å². The van der Waals surface area contributed by atoms with Gasteiger partial charge in [0, 0.05) is 12.6 Å². The number of nitrogens with zero attached hydrogens (tertiary/aromatic N) is 2. The Balaban J connectivity index is 1.96. The van der Waals surface area contributed by atoms with Crippen LogP contribution in [0.5, 0.6) is 0 Å². The first kappa shape index (κ1) is 10.8. The number of rotatable bonds is 3. The maximum atomic E-state index is 6.18. The van der Waals surface area contributed by atoms with Crippen LogP contribution >= 0.6 is 0 Å². The van der Waals surface area contributed by atoms with Gasteiger partial charge >= 0.3 is 0 Å². The molecule has 17 heavy (non-hydrogen) atoms. The van der Waals surface area contributed by atoms with Crippen molar-refractivity contribution in [1.29, 1.82) is 0 Å². The molecule has 1 saturated carbocycles. The lowest BCUT2D eigenvalue weighted by Crippen LogP contribution is -2.27. The zero-order valence-electron chi connectivity index (χ0n) is 10.5. The van der Waals surface area contributed by atoms with E-state index in [-0.39, 0.29) is 6.04 Å². The van der Waals surface area contributed by atoms with Gasteiger partial charge in [-0.2, -0.15) is 0 Å². The molecule has 0 bridgehead atoms. The molecule has 90 valence electrons. The van der Waals surface area contributed by atoms with Gasteiger partial charge in [0.15, 0.2) is 0 Å². The monoisotopic (exact) mass is 229 g/mol. The lowest BCUT2D eigenvalue weighted by molar-refractivity contribution is 0.510. The number of nitrogens with two attached hydrogens (primary N) is 1. The van der Waals surface area contributed by atoms with Crippen LogP contribution < -0.4 is 5.73 Å². The Morgan fingerprint density at radius 1 is 1.35 bits per heavy atom. The highest BCUT2D eigenvalue weighted by Crippen LogP contribution is 2.32. The predicted molar refractivity (Wildman–Crippen MR) is 69.9 cm³/mol. The topological polar surface area (TPSA) is 43.8 Å². The maximum Gasteiger partial charge on any atom is 0.0958 e. The van der Waals surface area contributed by atoms with E-state index in [1.54, 1.807) is 0 Å². The average molecular weight is 229 g/mol. The van der Waals surface area contributed by atoms with Gasteiger partial charge in [-0.05, 0) is 55.9 Å². The van der Waals surface area contributed by atoms with Crippen molar-refractivity contribution in [1.82, 2.24) is 9.55 Å². The Bertz CT molecular complexity index is 552. The lowest BCUT2D eigenvalue weighted by atomic mass is 10.1. The van der Waals surface area contributed by atoms with Gasteiger partial charge in [-0.25, -0.2) is 4.98 Å². The third kappa shape index (κ3) is 1.95.